The Morgan fingerprint density at radius 1 is 0.500 bits per heavy atom. The highest BCUT2D eigenvalue weighted by molar-refractivity contribution is 6.92. The van der Waals surface area contributed by atoms with E-state index in [0.717, 1.165) is 48.6 Å². The van der Waals surface area contributed by atoms with E-state index in [1.807, 2.05) is 0 Å². The van der Waals surface area contributed by atoms with Crippen molar-refractivity contribution in [3.8, 4) is 0 Å². The maximum Gasteiger partial charge on any atom is 0.111 e. The number of rotatable bonds is 19. The molecule has 2 aromatic rings. The highest BCUT2D eigenvalue weighted by Crippen LogP contribution is 2.35. The van der Waals surface area contributed by atoms with Crippen molar-refractivity contribution in [3.05, 3.63) is 47.8 Å². The van der Waals surface area contributed by atoms with Gasteiger partial charge in [0.1, 0.15) is 16.1 Å². The molecular weight excluding hydrogens is 641 g/mol. The lowest BCUT2D eigenvalue weighted by Crippen LogP contribution is -2.52. The van der Waals surface area contributed by atoms with Crippen molar-refractivity contribution in [2.45, 2.75) is 170 Å². The van der Waals surface area contributed by atoms with Gasteiger partial charge in [-0.3, -0.25) is 19.8 Å². The second-order valence-corrected chi connectivity index (χ2v) is 28.1. The van der Waals surface area contributed by atoms with E-state index in [4.69, 9.17) is 9.97 Å². The maximum absolute atomic E-state index is 5.61. The summed E-state index contributed by atoms with van der Waals surface area (Å²) in [6, 6.07) is 23.6. The lowest BCUT2D eigenvalue weighted by Gasteiger charge is -2.37. The van der Waals surface area contributed by atoms with Crippen molar-refractivity contribution in [1.29, 1.82) is 0 Å². The molecule has 2 saturated heterocycles. The predicted octanol–water partition coefficient (Wildman–Crippen LogP) is 10.4. The fourth-order valence-electron chi connectivity index (χ4n) is 10.9. The van der Waals surface area contributed by atoms with E-state index in [1.54, 1.807) is 0 Å². The lowest BCUT2D eigenvalue weighted by molar-refractivity contribution is 0.122. The summed E-state index contributed by atoms with van der Waals surface area (Å²) in [7, 11) is -3.47. The van der Waals surface area contributed by atoms with Crippen LogP contribution in [0.3, 0.4) is 0 Å². The van der Waals surface area contributed by atoms with Crippen LogP contribution in [0.1, 0.15) is 120 Å². The van der Waals surface area contributed by atoms with Crippen molar-refractivity contribution in [1.82, 2.24) is 19.8 Å². The van der Waals surface area contributed by atoms with Gasteiger partial charge >= 0.3 is 0 Å². The second kappa shape index (κ2) is 18.6. The third-order valence-corrected chi connectivity index (χ3v) is 23.8. The van der Waals surface area contributed by atoms with Crippen molar-refractivity contribution in [2.75, 3.05) is 13.1 Å². The van der Waals surface area contributed by atoms with Crippen LogP contribution in [0.2, 0.25) is 36.3 Å². The van der Waals surface area contributed by atoms with Gasteiger partial charge in [-0.25, -0.2) is 0 Å². The van der Waals surface area contributed by atoms with Gasteiger partial charge in [0.2, 0.25) is 0 Å². The predicted molar refractivity (Wildman–Crippen MR) is 224 cm³/mol. The number of hydrogen-bond acceptors (Lipinski definition) is 4. The van der Waals surface area contributed by atoms with E-state index in [-0.39, 0.29) is 0 Å². The summed E-state index contributed by atoms with van der Waals surface area (Å²) in [5, 5.41) is 2.98. The van der Waals surface area contributed by atoms with E-state index in [2.05, 4.69) is 129 Å². The molecule has 4 nitrogen and oxygen atoms in total. The highest BCUT2D eigenvalue weighted by Gasteiger charge is 2.41. The van der Waals surface area contributed by atoms with Crippen molar-refractivity contribution in [2.24, 2.45) is 35.5 Å². The Morgan fingerprint density at radius 3 is 1.08 bits per heavy atom. The van der Waals surface area contributed by atoms with E-state index < -0.39 is 16.1 Å². The third-order valence-electron chi connectivity index (χ3n) is 11.5. The number of likely N-dealkylation sites (tertiary alicyclic amines) is 2. The van der Waals surface area contributed by atoms with Crippen LogP contribution in [0.4, 0.5) is 0 Å². The first-order valence-corrected chi connectivity index (χ1v) is 26.3. The summed E-state index contributed by atoms with van der Waals surface area (Å²) in [6.45, 7) is 33.6. The molecule has 4 rings (SSSR count). The Balaban J connectivity index is 1.55. The molecule has 282 valence electrons. The van der Waals surface area contributed by atoms with Gasteiger partial charge in [0.15, 0.2) is 0 Å². The quantitative estimate of drug-likeness (QED) is 0.135. The summed E-state index contributed by atoms with van der Waals surface area (Å²) >= 11 is 0. The number of hydrogen-bond donors (Lipinski definition) is 0. The summed E-state index contributed by atoms with van der Waals surface area (Å²) in [6.07, 6.45) is 5.24. The highest BCUT2D eigenvalue weighted by atomic mass is 28.3. The van der Waals surface area contributed by atoms with Crippen LogP contribution < -0.4 is 10.6 Å². The molecule has 0 aliphatic carbocycles. The molecule has 0 aromatic carbocycles. The summed E-state index contributed by atoms with van der Waals surface area (Å²) in [4.78, 5) is 16.9. The van der Waals surface area contributed by atoms with Crippen LogP contribution in [-0.2, 0) is 13.1 Å². The molecule has 50 heavy (non-hydrogen) atoms. The van der Waals surface area contributed by atoms with Gasteiger partial charge in [0.05, 0.1) is 11.4 Å². The first kappa shape index (κ1) is 41.4. The average molecular weight is 719 g/mol. The van der Waals surface area contributed by atoms with Gasteiger partial charge in [0, 0.05) is 35.8 Å². The zero-order chi connectivity index (χ0) is 36.6. The molecule has 6 heteroatoms. The van der Waals surface area contributed by atoms with Crippen molar-refractivity contribution < 1.29 is 0 Å². The molecule has 0 unspecified atom stereocenters. The van der Waals surface area contributed by atoms with Gasteiger partial charge < -0.3 is 0 Å². The molecule has 0 amide bonds. The number of nitrogens with zero attached hydrogens (tertiary/aromatic N) is 4. The molecule has 0 radical (unpaired) electrons. The first-order chi connectivity index (χ1) is 23.6. The normalized spacial score (nSPS) is 19.9. The molecule has 0 saturated carbocycles. The Kier molecular flexibility index (Phi) is 15.4. The average Bonchev–Trinajstić information content (AvgIpc) is 3.64. The molecule has 4 heterocycles. The summed E-state index contributed by atoms with van der Waals surface area (Å²) < 4.78 is 0. The largest absolute Gasteiger partial charge is 0.293 e. The summed E-state index contributed by atoms with van der Waals surface area (Å²) in [5.41, 5.74) is 2.62. The van der Waals surface area contributed by atoms with Gasteiger partial charge in [-0.15, -0.1) is 0 Å². The Morgan fingerprint density at radius 2 is 0.800 bits per heavy atom. The number of aromatic nitrogens is 2. The van der Waals surface area contributed by atoms with E-state index in [9.17, 15) is 0 Å². The van der Waals surface area contributed by atoms with Crippen LogP contribution in [0, 0.1) is 35.5 Å². The van der Waals surface area contributed by atoms with Crippen LogP contribution >= 0.6 is 0 Å². The van der Waals surface area contributed by atoms with Gasteiger partial charge in [0.25, 0.3) is 0 Å². The molecule has 2 aliphatic rings. The minimum Gasteiger partial charge on any atom is -0.293 e. The third kappa shape index (κ3) is 11.3. The molecule has 2 aromatic heterocycles. The van der Waals surface area contributed by atoms with Gasteiger partial charge in [-0.1, -0.05) is 95.2 Å². The van der Waals surface area contributed by atoms with Crippen LogP contribution in [-0.4, -0.2) is 61.1 Å². The SMILES string of the molecule is CC(C)C[Si](CC(C)C)(CC(C)C)c1cccc(CN2CCC[C@H]2[C@@H]2CCCN2Cc2cccc([Si](CC(C)C)(CC(C)C)CC(C)C)n2)n1. The smallest absolute Gasteiger partial charge is 0.111 e. The molecule has 0 spiro atoms. The number of pyridine rings is 2. The van der Waals surface area contributed by atoms with Gasteiger partial charge in [-0.05, 0) is 135 Å². The summed E-state index contributed by atoms with van der Waals surface area (Å²) in [5.74, 6) is 4.31. The zero-order valence-corrected chi connectivity index (χ0v) is 36.8. The minimum atomic E-state index is -1.73. The lowest BCUT2D eigenvalue weighted by atomic mass is 10.0. The van der Waals surface area contributed by atoms with Crippen LogP contribution in [0.25, 0.3) is 0 Å². The Hall–Kier alpha value is -1.35. The van der Waals surface area contributed by atoms with E-state index in [1.165, 1.54) is 97.1 Å². The molecular formula is C44H78N4Si2. The molecule has 2 fully saturated rings. The van der Waals surface area contributed by atoms with Crippen LogP contribution in [0.15, 0.2) is 36.4 Å². The monoisotopic (exact) mass is 719 g/mol. The van der Waals surface area contributed by atoms with E-state index >= 15 is 0 Å². The second-order valence-electron chi connectivity index (χ2n) is 19.5. The van der Waals surface area contributed by atoms with Gasteiger partial charge in [-0.2, -0.15) is 0 Å². The van der Waals surface area contributed by atoms with Crippen LogP contribution in [0.5, 0.6) is 0 Å². The van der Waals surface area contributed by atoms with Crippen molar-refractivity contribution >= 4 is 26.8 Å². The molecule has 2 aliphatic heterocycles. The first-order valence-electron chi connectivity index (χ1n) is 21.0. The standard InChI is InChI=1S/C44H78N4Si2/c1-33(2)27-49(28-34(3)4,29-35(5)6)43-21-13-17-39(45-43)25-47-23-15-19-41(47)42-20-16-24-48(42)26-40-18-14-22-44(46-40)50(30-36(7)8,31-37(9)10)32-38(11)12/h13-14,17-18,21-22,33-38,41-42H,15-16,19-20,23-32H2,1-12H3/t41-,42-/m0/s1. The Labute approximate surface area is 312 Å². The molecule has 0 bridgehead atoms. The maximum atomic E-state index is 5.61. The van der Waals surface area contributed by atoms with E-state index in [0.29, 0.717) is 12.1 Å². The molecule has 0 N–H and O–H groups in total. The fourth-order valence-corrected chi connectivity index (χ4v) is 24.2. The Bertz CT molecular complexity index is 1150. The minimum absolute atomic E-state index is 0.617. The molecule has 2 atom stereocenters. The van der Waals surface area contributed by atoms with Crippen molar-refractivity contribution in [3.63, 3.8) is 0 Å². The fraction of sp³-hybridized carbons (Fsp3) is 0.773. The topological polar surface area (TPSA) is 32.3 Å². The zero-order valence-electron chi connectivity index (χ0n) is 34.8.